The number of ketones is 1. The Balaban J connectivity index is 1.52. The van der Waals surface area contributed by atoms with E-state index in [9.17, 15) is 14.4 Å². The molecule has 5 nitrogen and oxygen atoms in total. The number of carbonyl (C=O) groups is 3. The lowest BCUT2D eigenvalue weighted by Gasteiger charge is -2.33. The molecule has 2 aromatic carbocycles. The standard InChI is InChI=1S/C22H23ClN2O3/c1-15(24-21(27)18-7-9-19(23)10-8-18)22(28)25-13-11-17(12-14-25)20(26)16-5-3-2-4-6-16/h2-10,15,17H,11-14H2,1H3,(H,24,27)/t15-/m0/s1. The maximum atomic E-state index is 12.7. The molecule has 1 aliphatic rings. The molecule has 2 amide bonds. The van der Waals surface area contributed by atoms with Gasteiger partial charge in [0.2, 0.25) is 5.91 Å². The Hall–Kier alpha value is -2.66. The molecule has 1 fully saturated rings. The predicted molar refractivity (Wildman–Crippen MR) is 108 cm³/mol. The lowest BCUT2D eigenvalue weighted by molar-refractivity contribution is -0.134. The SMILES string of the molecule is C[C@H](NC(=O)c1ccc(Cl)cc1)C(=O)N1CCC(C(=O)c2ccccc2)CC1. The van der Waals surface area contributed by atoms with Gasteiger partial charge in [0.25, 0.3) is 5.91 Å². The second kappa shape index (κ2) is 9.02. The molecule has 146 valence electrons. The zero-order valence-corrected chi connectivity index (χ0v) is 16.5. The van der Waals surface area contributed by atoms with Crippen LogP contribution in [0.1, 0.15) is 40.5 Å². The van der Waals surface area contributed by atoms with Crippen LogP contribution in [0, 0.1) is 5.92 Å². The number of nitrogens with one attached hydrogen (secondary N) is 1. The Morgan fingerprint density at radius 2 is 1.57 bits per heavy atom. The van der Waals surface area contributed by atoms with Crippen molar-refractivity contribution in [3.05, 3.63) is 70.7 Å². The van der Waals surface area contributed by atoms with Crippen molar-refractivity contribution < 1.29 is 14.4 Å². The number of amides is 2. The molecular weight excluding hydrogens is 376 g/mol. The van der Waals surface area contributed by atoms with Crippen molar-refractivity contribution >= 4 is 29.2 Å². The highest BCUT2D eigenvalue weighted by molar-refractivity contribution is 6.30. The third kappa shape index (κ3) is 4.78. The fraction of sp³-hybridized carbons (Fsp3) is 0.318. The van der Waals surface area contributed by atoms with Crippen LogP contribution in [0.3, 0.4) is 0 Å². The van der Waals surface area contributed by atoms with E-state index in [4.69, 9.17) is 11.6 Å². The number of benzene rings is 2. The van der Waals surface area contributed by atoms with Gasteiger partial charge in [0.05, 0.1) is 0 Å². The van der Waals surface area contributed by atoms with Crippen LogP contribution in [0.5, 0.6) is 0 Å². The van der Waals surface area contributed by atoms with Crippen molar-refractivity contribution in [3.63, 3.8) is 0 Å². The number of rotatable bonds is 5. The monoisotopic (exact) mass is 398 g/mol. The Bertz CT molecular complexity index is 844. The minimum atomic E-state index is -0.635. The van der Waals surface area contributed by atoms with Crippen molar-refractivity contribution in [2.45, 2.75) is 25.8 Å². The average Bonchev–Trinajstić information content (AvgIpc) is 2.73. The van der Waals surface area contributed by atoms with Crippen molar-refractivity contribution in [1.82, 2.24) is 10.2 Å². The van der Waals surface area contributed by atoms with Crippen LogP contribution in [-0.4, -0.2) is 41.6 Å². The van der Waals surface area contributed by atoms with Gasteiger partial charge >= 0.3 is 0 Å². The molecule has 0 unspecified atom stereocenters. The topological polar surface area (TPSA) is 66.5 Å². The summed E-state index contributed by atoms with van der Waals surface area (Å²) in [6.07, 6.45) is 1.27. The van der Waals surface area contributed by atoms with Gasteiger partial charge in [-0.2, -0.15) is 0 Å². The largest absolute Gasteiger partial charge is 0.341 e. The van der Waals surface area contributed by atoms with E-state index in [0.717, 1.165) is 5.56 Å². The summed E-state index contributed by atoms with van der Waals surface area (Å²) in [4.78, 5) is 39.2. The molecule has 0 spiro atoms. The summed E-state index contributed by atoms with van der Waals surface area (Å²) in [5.41, 5.74) is 1.17. The van der Waals surface area contributed by atoms with Crippen LogP contribution < -0.4 is 5.32 Å². The van der Waals surface area contributed by atoms with E-state index in [2.05, 4.69) is 5.32 Å². The van der Waals surface area contributed by atoms with E-state index in [0.29, 0.717) is 36.5 Å². The Morgan fingerprint density at radius 1 is 0.964 bits per heavy atom. The lowest BCUT2D eigenvalue weighted by atomic mass is 9.88. The van der Waals surface area contributed by atoms with Crippen LogP contribution in [0.25, 0.3) is 0 Å². The van der Waals surface area contributed by atoms with E-state index < -0.39 is 6.04 Å². The van der Waals surface area contributed by atoms with Crippen LogP contribution >= 0.6 is 11.6 Å². The predicted octanol–water partition coefficient (Wildman–Crippen LogP) is 3.58. The highest BCUT2D eigenvalue weighted by Crippen LogP contribution is 2.22. The number of nitrogens with zero attached hydrogens (tertiary/aromatic N) is 1. The zero-order valence-electron chi connectivity index (χ0n) is 15.7. The van der Waals surface area contributed by atoms with Crippen LogP contribution in [0.4, 0.5) is 0 Å². The first-order valence-electron chi connectivity index (χ1n) is 9.40. The van der Waals surface area contributed by atoms with E-state index in [-0.39, 0.29) is 23.5 Å². The van der Waals surface area contributed by atoms with Crippen molar-refractivity contribution in [2.24, 2.45) is 5.92 Å². The molecule has 0 saturated carbocycles. The van der Waals surface area contributed by atoms with Gasteiger partial charge in [0.15, 0.2) is 5.78 Å². The smallest absolute Gasteiger partial charge is 0.251 e. The summed E-state index contributed by atoms with van der Waals surface area (Å²) >= 11 is 5.83. The quantitative estimate of drug-likeness (QED) is 0.783. The number of piperidine rings is 1. The van der Waals surface area contributed by atoms with Gasteiger partial charge in [-0.15, -0.1) is 0 Å². The van der Waals surface area contributed by atoms with Gasteiger partial charge in [-0.1, -0.05) is 41.9 Å². The van der Waals surface area contributed by atoms with Crippen LogP contribution in [-0.2, 0) is 4.79 Å². The molecule has 3 rings (SSSR count). The number of hydrogen-bond acceptors (Lipinski definition) is 3. The average molecular weight is 399 g/mol. The second-order valence-corrected chi connectivity index (χ2v) is 7.47. The maximum Gasteiger partial charge on any atom is 0.251 e. The normalized spacial score (nSPS) is 15.7. The van der Waals surface area contributed by atoms with Crippen LogP contribution in [0.15, 0.2) is 54.6 Å². The summed E-state index contributed by atoms with van der Waals surface area (Å²) in [5, 5.41) is 3.28. The van der Waals surface area contributed by atoms with Crippen LogP contribution in [0.2, 0.25) is 5.02 Å². The summed E-state index contributed by atoms with van der Waals surface area (Å²) in [5.74, 6) is -0.373. The molecule has 0 bridgehead atoms. The Kier molecular flexibility index (Phi) is 6.47. The third-order valence-corrected chi connectivity index (χ3v) is 5.31. The Morgan fingerprint density at radius 3 is 2.18 bits per heavy atom. The molecular formula is C22H23ClN2O3. The molecule has 6 heteroatoms. The third-order valence-electron chi connectivity index (χ3n) is 5.06. The number of hydrogen-bond donors (Lipinski definition) is 1. The Labute approximate surface area is 169 Å². The number of halogens is 1. The molecule has 0 radical (unpaired) electrons. The molecule has 28 heavy (non-hydrogen) atoms. The van der Waals surface area contributed by atoms with Crippen molar-refractivity contribution in [2.75, 3.05) is 13.1 Å². The molecule has 1 aliphatic heterocycles. The van der Waals surface area contributed by atoms with Gasteiger partial charge < -0.3 is 10.2 Å². The highest BCUT2D eigenvalue weighted by Gasteiger charge is 2.30. The summed E-state index contributed by atoms with van der Waals surface area (Å²) in [6, 6.07) is 15.1. The minimum Gasteiger partial charge on any atom is -0.341 e. The molecule has 1 saturated heterocycles. The highest BCUT2D eigenvalue weighted by atomic mass is 35.5. The van der Waals surface area contributed by atoms with E-state index in [1.807, 2.05) is 30.3 Å². The molecule has 2 aromatic rings. The van der Waals surface area contributed by atoms with E-state index in [1.54, 1.807) is 36.1 Å². The minimum absolute atomic E-state index is 0.0644. The fourth-order valence-corrected chi connectivity index (χ4v) is 3.54. The first-order chi connectivity index (χ1) is 13.5. The first-order valence-corrected chi connectivity index (χ1v) is 9.78. The van der Waals surface area contributed by atoms with E-state index in [1.165, 1.54) is 0 Å². The lowest BCUT2D eigenvalue weighted by Crippen LogP contribution is -2.49. The number of likely N-dealkylation sites (tertiary alicyclic amines) is 1. The second-order valence-electron chi connectivity index (χ2n) is 7.03. The zero-order chi connectivity index (χ0) is 20.1. The summed E-state index contributed by atoms with van der Waals surface area (Å²) in [7, 11) is 0. The van der Waals surface area contributed by atoms with Gasteiger partial charge in [-0.05, 0) is 44.0 Å². The van der Waals surface area contributed by atoms with Gasteiger partial charge in [-0.25, -0.2) is 0 Å². The molecule has 0 aromatic heterocycles. The van der Waals surface area contributed by atoms with Crippen molar-refractivity contribution in [1.29, 1.82) is 0 Å². The van der Waals surface area contributed by atoms with E-state index >= 15 is 0 Å². The summed E-state index contributed by atoms with van der Waals surface area (Å²) in [6.45, 7) is 2.71. The fourth-order valence-electron chi connectivity index (χ4n) is 3.42. The van der Waals surface area contributed by atoms with Gasteiger partial charge in [0, 0.05) is 35.2 Å². The number of carbonyl (C=O) groups excluding carboxylic acids is 3. The summed E-state index contributed by atoms with van der Waals surface area (Å²) < 4.78 is 0. The molecule has 1 heterocycles. The van der Waals surface area contributed by atoms with Gasteiger partial charge in [0.1, 0.15) is 6.04 Å². The maximum absolute atomic E-state index is 12.7. The molecule has 0 aliphatic carbocycles. The molecule has 1 atom stereocenters. The number of Topliss-reactive ketones (excluding diaryl/α,β-unsaturated/α-hetero) is 1. The van der Waals surface area contributed by atoms with Crippen molar-refractivity contribution in [3.8, 4) is 0 Å². The first kappa shape index (κ1) is 20.1. The molecule has 1 N–H and O–H groups in total. The van der Waals surface area contributed by atoms with Gasteiger partial charge in [-0.3, -0.25) is 14.4 Å².